The van der Waals surface area contributed by atoms with Crippen LogP contribution >= 0.6 is 0 Å². The summed E-state index contributed by atoms with van der Waals surface area (Å²) < 4.78 is 31.0. The number of ketones is 1. The second kappa shape index (κ2) is 19.8. The Morgan fingerprint density at radius 2 is 0.943 bits per heavy atom. The van der Waals surface area contributed by atoms with Crippen LogP contribution in [0.15, 0.2) is 121 Å². The molecule has 5 rings (SSSR count). The van der Waals surface area contributed by atoms with E-state index in [1.54, 1.807) is 9.80 Å². The van der Waals surface area contributed by atoms with Gasteiger partial charge in [0.1, 0.15) is 24.4 Å². The molecule has 0 aliphatic carbocycles. The molecule has 3 unspecified atom stereocenters. The molecule has 10 heteroatoms. The maximum atomic E-state index is 14.7. The molecule has 4 aromatic rings. The van der Waals surface area contributed by atoms with Crippen molar-refractivity contribution in [1.82, 2.24) is 9.80 Å². The number of carbonyl (C=O) groups is 3. The van der Waals surface area contributed by atoms with E-state index in [4.69, 9.17) is 23.7 Å². The molecule has 3 atom stereocenters. The van der Waals surface area contributed by atoms with Crippen molar-refractivity contribution in [1.29, 1.82) is 0 Å². The molecule has 1 aliphatic rings. The Balaban J connectivity index is 1.44. The molecule has 0 N–H and O–H groups in total. The van der Waals surface area contributed by atoms with Crippen LogP contribution in [0.4, 0.5) is 4.79 Å². The van der Waals surface area contributed by atoms with Gasteiger partial charge in [-0.05, 0) is 43.0 Å². The number of hydrogen-bond acceptors (Lipinski definition) is 8. The van der Waals surface area contributed by atoms with E-state index in [9.17, 15) is 14.4 Å². The number of nitrogens with zero attached hydrogens (tertiary/aromatic N) is 2. The van der Waals surface area contributed by atoms with Crippen LogP contribution in [-0.4, -0.2) is 84.3 Å². The minimum absolute atomic E-state index is 0.0877. The Bertz CT molecular complexity index is 1690. The van der Waals surface area contributed by atoms with Crippen LogP contribution in [0, 0.1) is 0 Å². The monoisotopic (exact) mass is 722 g/mol. The van der Waals surface area contributed by atoms with Crippen LogP contribution in [-0.2, 0) is 59.7 Å². The lowest BCUT2D eigenvalue weighted by Gasteiger charge is -2.39. The first-order valence-electron chi connectivity index (χ1n) is 18.0. The summed E-state index contributed by atoms with van der Waals surface area (Å²) in [6.07, 6.45) is -4.07. The van der Waals surface area contributed by atoms with Crippen molar-refractivity contribution >= 4 is 17.8 Å². The first-order chi connectivity index (χ1) is 25.7. The predicted molar refractivity (Wildman–Crippen MR) is 201 cm³/mol. The number of ether oxygens (including phenoxy) is 5. The molecule has 2 amide bonds. The van der Waals surface area contributed by atoms with Crippen molar-refractivity contribution in [2.75, 3.05) is 32.8 Å². The molecule has 1 heterocycles. The summed E-state index contributed by atoms with van der Waals surface area (Å²) >= 11 is 0. The van der Waals surface area contributed by atoms with Crippen LogP contribution in [0.5, 0.6) is 0 Å². The smallest absolute Gasteiger partial charge is 0.410 e. The largest absolute Gasteiger partial charge is 0.444 e. The Kier molecular flexibility index (Phi) is 14.7. The average molecular weight is 723 g/mol. The molecular formula is C43H50N2O8. The standard InChI is InChI=1S/C43H50N2O8/c1-43(2,3)53-42(48)45-26-24-44(25-27-45)41(47)40(52-31-36-22-14-7-15-23-36)39(51-30-35-20-12-6-13-21-35)38(50-29-34-18-10-5-11-19-34)37(46)32-49-28-33-16-8-4-9-17-33/h4-23,38-40H,24-32H2,1-3H3. The Morgan fingerprint density at radius 1 is 0.547 bits per heavy atom. The molecule has 0 bridgehead atoms. The van der Waals surface area contributed by atoms with Gasteiger partial charge in [-0.3, -0.25) is 9.59 Å². The third-order valence-corrected chi connectivity index (χ3v) is 8.59. The van der Waals surface area contributed by atoms with Crippen LogP contribution in [0.3, 0.4) is 0 Å². The third kappa shape index (κ3) is 12.6. The lowest BCUT2D eigenvalue weighted by molar-refractivity contribution is -0.182. The van der Waals surface area contributed by atoms with E-state index in [0.717, 1.165) is 22.3 Å². The Hall–Kier alpha value is -4.87. The summed E-state index contributed by atoms with van der Waals surface area (Å²) in [7, 11) is 0. The minimum atomic E-state index is -1.24. The van der Waals surface area contributed by atoms with E-state index in [2.05, 4.69) is 0 Å². The van der Waals surface area contributed by atoms with Gasteiger partial charge in [0.15, 0.2) is 11.9 Å². The molecule has 10 nitrogen and oxygen atoms in total. The van der Waals surface area contributed by atoms with Crippen molar-refractivity contribution in [2.24, 2.45) is 0 Å². The van der Waals surface area contributed by atoms with E-state index in [1.165, 1.54) is 0 Å². The molecule has 0 aromatic heterocycles. The molecule has 280 valence electrons. The first kappa shape index (κ1) is 39.3. The summed E-state index contributed by atoms with van der Waals surface area (Å²) in [4.78, 5) is 45.0. The predicted octanol–water partition coefficient (Wildman–Crippen LogP) is 6.61. The van der Waals surface area contributed by atoms with Gasteiger partial charge in [0, 0.05) is 26.2 Å². The fourth-order valence-corrected chi connectivity index (χ4v) is 5.84. The SMILES string of the molecule is CC(C)(C)OC(=O)N1CCN(C(=O)C(OCc2ccccc2)C(OCc2ccccc2)C(OCc2ccccc2)C(=O)COCc2ccccc2)CC1. The van der Waals surface area contributed by atoms with Gasteiger partial charge >= 0.3 is 6.09 Å². The third-order valence-electron chi connectivity index (χ3n) is 8.59. The van der Waals surface area contributed by atoms with Gasteiger partial charge in [-0.1, -0.05) is 121 Å². The lowest BCUT2D eigenvalue weighted by atomic mass is 10.0. The van der Waals surface area contributed by atoms with Crippen molar-refractivity contribution in [3.8, 4) is 0 Å². The van der Waals surface area contributed by atoms with Gasteiger partial charge in [0.25, 0.3) is 5.91 Å². The fraction of sp³-hybridized carbons (Fsp3) is 0.372. The van der Waals surface area contributed by atoms with Gasteiger partial charge in [-0.2, -0.15) is 0 Å². The molecule has 0 spiro atoms. The topological polar surface area (TPSA) is 104 Å². The maximum absolute atomic E-state index is 14.7. The van der Waals surface area contributed by atoms with Crippen molar-refractivity contribution in [3.63, 3.8) is 0 Å². The summed E-state index contributed by atoms with van der Waals surface area (Å²) in [5.74, 6) is -0.750. The highest BCUT2D eigenvalue weighted by Gasteiger charge is 2.43. The van der Waals surface area contributed by atoms with Gasteiger partial charge in [0.05, 0.1) is 26.4 Å². The molecule has 4 aromatic carbocycles. The summed E-state index contributed by atoms with van der Waals surface area (Å²) in [6.45, 7) is 6.74. The Labute approximate surface area is 312 Å². The zero-order valence-corrected chi connectivity index (χ0v) is 30.8. The summed E-state index contributed by atoms with van der Waals surface area (Å²) in [6, 6.07) is 38.2. The van der Waals surface area contributed by atoms with Crippen LogP contribution in [0.25, 0.3) is 0 Å². The highest BCUT2D eigenvalue weighted by Crippen LogP contribution is 2.23. The van der Waals surface area contributed by atoms with Gasteiger partial charge in [-0.25, -0.2) is 4.79 Å². The van der Waals surface area contributed by atoms with Crippen molar-refractivity contribution in [2.45, 2.75) is 71.1 Å². The molecule has 1 aliphatic heterocycles. The number of piperazine rings is 1. The number of amides is 2. The van der Waals surface area contributed by atoms with Crippen LogP contribution in [0.1, 0.15) is 43.0 Å². The van der Waals surface area contributed by atoms with Gasteiger partial charge < -0.3 is 33.5 Å². The highest BCUT2D eigenvalue weighted by atomic mass is 16.6. The van der Waals surface area contributed by atoms with E-state index in [1.807, 2.05) is 142 Å². The maximum Gasteiger partial charge on any atom is 0.410 e. The van der Waals surface area contributed by atoms with Crippen molar-refractivity contribution < 1.29 is 38.1 Å². The number of carbonyl (C=O) groups excluding carboxylic acids is 3. The lowest BCUT2D eigenvalue weighted by Crippen LogP contribution is -2.58. The molecule has 1 fully saturated rings. The first-order valence-corrected chi connectivity index (χ1v) is 18.0. The average Bonchev–Trinajstić information content (AvgIpc) is 3.17. The number of hydrogen-bond donors (Lipinski definition) is 0. The number of benzene rings is 4. The molecule has 0 saturated carbocycles. The number of Topliss-reactive ketones (excluding diaryl/α,β-unsaturated/α-hetero) is 1. The van der Waals surface area contributed by atoms with Crippen LogP contribution < -0.4 is 0 Å². The zero-order valence-electron chi connectivity index (χ0n) is 30.8. The van der Waals surface area contributed by atoms with E-state index < -0.39 is 30.0 Å². The van der Waals surface area contributed by atoms with Gasteiger partial charge in [-0.15, -0.1) is 0 Å². The second-order valence-electron chi connectivity index (χ2n) is 13.9. The quantitative estimate of drug-likeness (QED) is 0.120. The molecule has 53 heavy (non-hydrogen) atoms. The van der Waals surface area contributed by atoms with Crippen LogP contribution in [0.2, 0.25) is 0 Å². The zero-order chi connectivity index (χ0) is 37.5. The minimum Gasteiger partial charge on any atom is -0.444 e. The van der Waals surface area contributed by atoms with E-state index >= 15 is 0 Å². The molecule has 1 saturated heterocycles. The Morgan fingerprint density at radius 3 is 1.40 bits per heavy atom. The van der Waals surface area contributed by atoms with Crippen molar-refractivity contribution in [3.05, 3.63) is 144 Å². The normalized spacial score (nSPS) is 15.0. The summed E-state index contributed by atoms with van der Waals surface area (Å²) in [5, 5.41) is 0. The van der Waals surface area contributed by atoms with E-state index in [-0.39, 0.29) is 70.9 Å². The fourth-order valence-electron chi connectivity index (χ4n) is 5.84. The molecule has 0 radical (unpaired) electrons. The second-order valence-corrected chi connectivity index (χ2v) is 13.9. The number of rotatable bonds is 17. The summed E-state index contributed by atoms with van der Waals surface area (Å²) in [5.41, 5.74) is 2.83. The molecular weight excluding hydrogens is 672 g/mol. The van der Waals surface area contributed by atoms with E-state index in [0.29, 0.717) is 0 Å². The van der Waals surface area contributed by atoms with Gasteiger partial charge in [0.2, 0.25) is 0 Å². The highest BCUT2D eigenvalue weighted by molar-refractivity contribution is 5.88.